The molecule has 0 saturated heterocycles. The highest BCUT2D eigenvalue weighted by Crippen LogP contribution is 2.41. The van der Waals surface area contributed by atoms with E-state index in [4.69, 9.17) is 30.5 Å². The van der Waals surface area contributed by atoms with E-state index >= 15 is 0 Å². The molecule has 2 unspecified atom stereocenters. The van der Waals surface area contributed by atoms with Crippen LogP contribution < -0.4 is 9.47 Å². The monoisotopic (exact) mass is 375 g/mol. The molecule has 6 nitrogen and oxygen atoms in total. The summed E-state index contributed by atoms with van der Waals surface area (Å²) in [6.45, 7) is 0. The molecule has 3 rings (SSSR count). The van der Waals surface area contributed by atoms with Gasteiger partial charge in [-0.25, -0.2) is 9.79 Å². The minimum absolute atomic E-state index is 0.358. The molecule has 0 spiro atoms. The number of benzene rings is 2. The molecule has 7 heteroatoms. The third kappa shape index (κ3) is 3.32. The number of esters is 1. The fraction of sp³-hybridized carbons (Fsp3) is 0.263. The smallest absolute Gasteiger partial charge is 0.335 e. The van der Waals surface area contributed by atoms with Gasteiger partial charge in [0.05, 0.1) is 26.4 Å². The topological polar surface area (TPSA) is 66.4 Å². The molecule has 26 heavy (non-hydrogen) atoms. The first-order valence-electron chi connectivity index (χ1n) is 7.88. The van der Waals surface area contributed by atoms with E-state index in [0.29, 0.717) is 28.0 Å². The van der Waals surface area contributed by atoms with Crippen molar-refractivity contribution in [1.82, 2.24) is 0 Å². The Bertz CT molecular complexity index is 837. The number of carbonyl (C=O) groups excluding carboxylic acids is 1. The van der Waals surface area contributed by atoms with Crippen LogP contribution in [-0.4, -0.2) is 39.2 Å². The van der Waals surface area contributed by atoms with Gasteiger partial charge in [0.15, 0.2) is 23.6 Å². The molecule has 1 heterocycles. The molecule has 0 amide bonds. The minimum atomic E-state index is -0.870. The highest BCUT2D eigenvalue weighted by molar-refractivity contribution is 6.31. The predicted octanol–water partition coefficient (Wildman–Crippen LogP) is 3.42. The Hall–Kier alpha value is -2.73. The van der Waals surface area contributed by atoms with Gasteiger partial charge in [0, 0.05) is 17.2 Å². The zero-order valence-electron chi connectivity index (χ0n) is 14.6. The number of carbonyl (C=O) groups is 1. The number of nitrogens with zero attached hydrogens (tertiary/aromatic N) is 1. The molecule has 1 aliphatic rings. The summed E-state index contributed by atoms with van der Waals surface area (Å²) < 4.78 is 21.5. The van der Waals surface area contributed by atoms with E-state index in [1.54, 1.807) is 12.1 Å². The van der Waals surface area contributed by atoms with E-state index in [-0.39, 0.29) is 0 Å². The average Bonchev–Trinajstić information content (AvgIpc) is 3.12. The van der Waals surface area contributed by atoms with Crippen molar-refractivity contribution >= 4 is 23.5 Å². The van der Waals surface area contributed by atoms with Gasteiger partial charge < -0.3 is 18.9 Å². The molecule has 2 aromatic rings. The number of methoxy groups -OCH3 is 3. The molecule has 0 fully saturated rings. The largest absolute Gasteiger partial charge is 0.493 e. The van der Waals surface area contributed by atoms with Crippen LogP contribution in [0.1, 0.15) is 17.2 Å². The third-order valence-corrected chi connectivity index (χ3v) is 4.38. The Kier molecular flexibility index (Phi) is 5.32. The Balaban J connectivity index is 2.03. The lowest BCUT2D eigenvalue weighted by Gasteiger charge is -2.19. The van der Waals surface area contributed by atoms with Gasteiger partial charge in [-0.15, -0.1) is 0 Å². The Morgan fingerprint density at radius 1 is 1.08 bits per heavy atom. The van der Waals surface area contributed by atoms with Crippen molar-refractivity contribution < 1.29 is 23.7 Å². The number of rotatable bonds is 5. The van der Waals surface area contributed by atoms with Gasteiger partial charge in [0.25, 0.3) is 0 Å². The van der Waals surface area contributed by atoms with Crippen molar-refractivity contribution in [3.8, 4) is 11.5 Å². The molecule has 0 radical (unpaired) electrons. The van der Waals surface area contributed by atoms with E-state index in [9.17, 15) is 4.79 Å². The zero-order chi connectivity index (χ0) is 18.7. The SMILES string of the molecule is COC(=O)C1N=C(c2ccccc2)OC1c1cc(OC)c(OC)cc1Cl. The summed E-state index contributed by atoms with van der Waals surface area (Å²) in [6, 6.07) is 11.8. The predicted molar refractivity (Wildman–Crippen MR) is 97.2 cm³/mol. The molecule has 2 aromatic carbocycles. The van der Waals surface area contributed by atoms with Crippen LogP contribution in [0.3, 0.4) is 0 Å². The van der Waals surface area contributed by atoms with Crippen LogP contribution in [0, 0.1) is 0 Å². The maximum absolute atomic E-state index is 12.3. The lowest BCUT2D eigenvalue weighted by molar-refractivity contribution is -0.143. The first-order valence-corrected chi connectivity index (χ1v) is 8.26. The molecule has 0 bridgehead atoms. The minimum Gasteiger partial charge on any atom is -0.493 e. The number of ether oxygens (including phenoxy) is 4. The first kappa shape index (κ1) is 18.1. The lowest BCUT2D eigenvalue weighted by atomic mass is 10.0. The molecule has 136 valence electrons. The van der Waals surface area contributed by atoms with Gasteiger partial charge in [0.1, 0.15) is 0 Å². The van der Waals surface area contributed by atoms with Gasteiger partial charge in [-0.2, -0.15) is 0 Å². The standard InChI is InChI=1S/C19H18ClNO5/c1-23-14-9-12(13(20)10-15(14)24-2)17-16(19(22)25-3)21-18(26-17)11-7-5-4-6-8-11/h4-10,16-17H,1-3H3. The van der Waals surface area contributed by atoms with E-state index in [2.05, 4.69) is 4.99 Å². The molecule has 0 N–H and O–H groups in total. The van der Waals surface area contributed by atoms with Crippen LogP contribution in [0.25, 0.3) is 0 Å². The van der Waals surface area contributed by atoms with E-state index < -0.39 is 18.1 Å². The number of aliphatic imine (C=N–C) groups is 1. The van der Waals surface area contributed by atoms with Gasteiger partial charge in [-0.05, 0) is 18.2 Å². The quantitative estimate of drug-likeness (QED) is 0.749. The highest BCUT2D eigenvalue weighted by atomic mass is 35.5. The summed E-state index contributed by atoms with van der Waals surface area (Å²) in [5, 5.41) is 0.381. The summed E-state index contributed by atoms with van der Waals surface area (Å²) in [6.07, 6.45) is -0.732. The fourth-order valence-corrected chi connectivity index (χ4v) is 3.01. The second-order valence-corrected chi connectivity index (χ2v) is 5.94. The Labute approximate surface area is 156 Å². The Morgan fingerprint density at radius 3 is 2.35 bits per heavy atom. The lowest BCUT2D eigenvalue weighted by Crippen LogP contribution is -2.25. The summed E-state index contributed by atoms with van der Waals surface area (Å²) in [7, 11) is 4.36. The van der Waals surface area contributed by atoms with Crippen LogP contribution >= 0.6 is 11.6 Å². The van der Waals surface area contributed by atoms with Gasteiger partial charge in [0.2, 0.25) is 5.90 Å². The fourth-order valence-electron chi connectivity index (χ4n) is 2.75. The first-order chi connectivity index (χ1) is 12.6. The normalized spacial score (nSPS) is 18.7. The van der Waals surface area contributed by atoms with Gasteiger partial charge in [-0.1, -0.05) is 29.8 Å². The summed E-state index contributed by atoms with van der Waals surface area (Å²) in [5.41, 5.74) is 1.33. The van der Waals surface area contributed by atoms with Gasteiger partial charge >= 0.3 is 5.97 Å². The third-order valence-electron chi connectivity index (χ3n) is 4.05. The van der Waals surface area contributed by atoms with Crippen LogP contribution in [-0.2, 0) is 14.3 Å². The van der Waals surface area contributed by atoms with Crippen molar-refractivity contribution in [2.45, 2.75) is 12.1 Å². The molecular formula is C19H18ClNO5. The summed E-state index contributed by atoms with van der Waals surface area (Å²) >= 11 is 6.41. The van der Waals surface area contributed by atoms with Crippen LogP contribution in [0.2, 0.25) is 5.02 Å². The average molecular weight is 376 g/mol. The second kappa shape index (κ2) is 7.66. The van der Waals surface area contributed by atoms with E-state index in [1.165, 1.54) is 21.3 Å². The van der Waals surface area contributed by atoms with Crippen LogP contribution in [0.4, 0.5) is 0 Å². The van der Waals surface area contributed by atoms with Crippen molar-refractivity contribution in [2.75, 3.05) is 21.3 Å². The van der Waals surface area contributed by atoms with E-state index in [0.717, 1.165) is 5.56 Å². The number of hydrogen-bond acceptors (Lipinski definition) is 6. The molecule has 0 saturated carbocycles. The molecule has 1 aliphatic heterocycles. The maximum atomic E-state index is 12.3. The summed E-state index contributed by atoms with van der Waals surface area (Å²) in [5.74, 6) is 0.814. The van der Waals surface area contributed by atoms with E-state index in [1.807, 2.05) is 30.3 Å². The highest BCUT2D eigenvalue weighted by Gasteiger charge is 2.40. The van der Waals surface area contributed by atoms with Crippen molar-refractivity contribution in [1.29, 1.82) is 0 Å². The summed E-state index contributed by atoms with van der Waals surface area (Å²) in [4.78, 5) is 16.7. The second-order valence-electron chi connectivity index (χ2n) is 5.54. The van der Waals surface area contributed by atoms with Crippen molar-refractivity contribution in [3.05, 3.63) is 58.6 Å². The van der Waals surface area contributed by atoms with Crippen LogP contribution in [0.5, 0.6) is 11.5 Å². The van der Waals surface area contributed by atoms with Crippen LogP contribution in [0.15, 0.2) is 47.5 Å². The Morgan fingerprint density at radius 2 is 1.73 bits per heavy atom. The van der Waals surface area contributed by atoms with Crippen molar-refractivity contribution in [3.63, 3.8) is 0 Å². The maximum Gasteiger partial charge on any atom is 0.335 e. The molecule has 2 atom stereocenters. The number of hydrogen-bond donors (Lipinski definition) is 0. The molecule has 0 aliphatic carbocycles. The van der Waals surface area contributed by atoms with Crippen molar-refractivity contribution in [2.24, 2.45) is 4.99 Å². The van der Waals surface area contributed by atoms with Gasteiger partial charge in [-0.3, -0.25) is 0 Å². The number of halogens is 1. The zero-order valence-corrected chi connectivity index (χ0v) is 15.3. The molecule has 0 aromatic heterocycles. The molecular weight excluding hydrogens is 358 g/mol.